The molecule has 0 radical (unpaired) electrons. The molecule has 1 amide bonds. The number of carbonyl (C=O) groups excluding carboxylic acids is 1. The molecule has 82 valence electrons. The van der Waals surface area contributed by atoms with Crippen LogP contribution >= 0.6 is 0 Å². The number of carbonyl (C=O) groups is 2. The van der Waals surface area contributed by atoms with Crippen molar-refractivity contribution < 1.29 is 14.7 Å². The zero-order valence-corrected chi connectivity index (χ0v) is 8.88. The lowest BCUT2D eigenvalue weighted by molar-refractivity contribution is -0.137. The highest BCUT2D eigenvalue weighted by molar-refractivity contribution is 5.76. The Labute approximate surface area is 84.7 Å². The summed E-state index contributed by atoms with van der Waals surface area (Å²) in [4.78, 5) is 21.4. The van der Waals surface area contributed by atoms with Crippen LogP contribution in [0.1, 0.15) is 46.0 Å². The number of hydrogen-bond donors (Lipinski definition) is 2. The Bertz CT molecular complexity index is 192. The average Bonchev–Trinajstić information content (AvgIpc) is 2.03. The van der Waals surface area contributed by atoms with Crippen LogP contribution in [0.3, 0.4) is 0 Å². The highest BCUT2D eigenvalue weighted by Crippen LogP contribution is 1.98. The largest absolute Gasteiger partial charge is 0.481 e. The minimum absolute atomic E-state index is 0.0489. The molecule has 0 saturated carbocycles. The van der Waals surface area contributed by atoms with Gasteiger partial charge in [-0.1, -0.05) is 13.3 Å². The van der Waals surface area contributed by atoms with Gasteiger partial charge in [0.25, 0.3) is 0 Å². The van der Waals surface area contributed by atoms with Crippen molar-refractivity contribution in [3.8, 4) is 0 Å². The number of nitrogens with one attached hydrogen (secondary N) is 1. The number of aliphatic carboxylic acids is 1. The van der Waals surface area contributed by atoms with Gasteiger partial charge in [0.2, 0.25) is 5.91 Å². The van der Waals surface area contributed by atoms with E-state index in [2.05, 4.69) is 12.2 Å². The van der Waals surface area contributed by atoms with E-state index in [-0.39, 0.29) is 18.4 Å². The first-order valence-electron chi connectivity index (χ1n) is 5.07. The summed E-state index contributed by atoms with van der Waals surface area (Å²) in [5.74, 6) is -0.897. The summed E-state index contributed by atoms with van der Waals surface area (Å²) < 4.78 is 0. The Morgan fingerprint density at radius 3 is 2.50 bits per heavy atom. The molecule has 4 nitrogen and oxygen atoms in total. The first kappa shape index (κ1) is 12.9. The van der Waals surface area contributed by atoms with Crippen LogP contribution in [0.5, 0.6) is 0 Å². The third-order valence-electron chi connectivity index (χ3n) is 1.92. The summed E-state index contributed by atoms with van der Waals surface area (Å²) in [5.41, 5.74) is 0. The molecular weight excluding hydrogens is 182 g/mol. The monoisotopic (exact) mass is 201 g/mol. The van der Waals surface area contributed by atoms with E-state index in [1.165, 1.54) is 0 Å². The summed E-state index contributed by atoms with van der Waals surface area (Å²) in [5, 5.41) is 11.2. The standard InChI is InChI=1S/C10H19NO3/c1-3-5-8(2)11-9(12)6-4-7-10(13)14/h8H,3-7H2,1-2H3,(H,11,12)(H,13,14). The van der Waals surface area contributed by atoms with Crippen molar-refractivity contribution in [1.29, 1.82) is 0 Å². The summed E-state index contributed by atoms with van der Waals surface area (Å²) in [7, 11) is 0. The van der Waals surface area contributed by atoms with Gasteiger partial charge in [-0.15, -0.1) is 0 Å². The SMILES string of the molecule is CCCC(C)NC(=O)CCCC(=O)O. The molecule has 0 bridgehead atoms. The first-order chi connectivity index (χ1) is 6.56. The molecule has 0 saturated heterocycles. The Morgan fingerprint density at radius 1 is 1.36 bits per heavy atom. The van der Waals surface area contributed by atoms with Crippen LogP contribution in [0.4, 0.5) is 0 Å². The number of carboxylic acids is 1. The highest BCUT2D eigenvalue weighted by atomic mass is 16.4. The number of hydrogen-bond acceptors (Lipinski definition) is 2. The lowest BCUT2D eigenvalue weighted by Gasteiger charge is -2.11. The van der Waals surface area contributed by atoms with Gasteiger partial charge in [-0.2, -0.15) is 0 Å². The minimum atomic E-state index is -0.848. The fourth-order valence-corrected chi connectivity index (χ4v) is 1.25. The second-order valence-corrected chi connectivity index (χ2v) is 3.50. The summed E-state index contributed by atoms with van der Waals surface area (Å²) in [6, 6.07) is 0.192. The second-order valence-electron chi connectivity index (χ2n) is 3.50. The molecule has 14 heavy (non-hydrogen) atoms. The summed E-state index contributed by atoms with van der Waals surface area (Å²) in [6.07, 6.45) is 2.79. The molecule has 0 aliphatic carbocycles. The van der Waals surface area contributed by atoms with Crippen molar-refractivity contribution in [3.05, 3.63) is 0 Å². The Balaban J connectivity index is 3.50. The molecule has 0 aromatic rings. The van der Waals surface area contributed by atoms with Gasteiger partial charge >= 0.3 is 5.97 Å². The maximum atomic E-state index is 11.2. The topological polar surface area (TPSA) is 66.4 Å². The van der Waals surface area contributed by atoms with Crippen molar-refractivity contribution in [1.82, 2.24) is 5.32 Å². The van der Waals surface area contributed by atoms with Crippen LogP contribution in [0.2, 0.25) is 0 Å². The molecule has 0 aliphatic heterocycles. The van der Waals surface area contributed by atoms with Gasteiger partial charge in [0, 0.05) is 18.9 Å². The molecule has 1 atom stereocenters. The van der Waals surface area contributed by atoms with Crippen LogP contribution in [-0.2, 0) is 9.59 Å². The predicted molar refractivity (Wildman–Crippen MR) is 54.0 cm³/mol. The summed E-state index contributed by atoms with van der Waals surface area (Å²) in [6.45, 7) is 4.02. The molecule has 4 heteroatoms. The fraction of sp³-hybridized carbons (Fsp3) is 0.800. The molecule has 0 aromatic heterocycles. The van der Waals surface area contributed by atoms with E-state index in [1.54, 1.807) is 0 Å². The highest BCUT2D eigenvalue weighted by Gasteiger charge is 2.06. The van der Waals surface area contributed by atoms with Crippen LogP contribution < -0.4 is 5.32 Å². The Morgan fingerprint density at radius 2 is 2.00 bits per heavy atom. The lowest BCUT2D eigenvalue weighted by atomic mass is 10.2. The van der Waals surface area contributed by atoms with Crippen LogP contribution in [0, 0.1) is 0 Å². The van der Waals surface area contributed by atoms with Crippen LogP contribution in [0.25, 0.3) is 0 Å². The van der Waals surface area contributed by atoms with Gasteiger partial charge < -0.3 is 10.4 Å². The molecule has 0 fully saturated rings. The van der Waals surface area contributed by atoms with Crippen molar-refractivity contribution in [2.75, 3.05) is 0 Å². The Kier molecular flexibility index (Phi) is 6.80. The second kappa shape index (κ2) is 7.35. The molecule has 0 rings (SSSR count). The van der Waals surface area contributed by atoms with Gasteiger partial charge in [0.15, 0.2) is 0 Å². The molecule has 1 unspecified atom stereocenters. The molecule has 0 heterocycles. The van der Waals surface area contributed by atoms with E-state index in [0.29, 0.717) is 12.8 Å². The van der Waals surface area contributed by atoms with Gasteiger partial charge in [-0.05, 0) is 19.8 Å². The van der Waals surface area contributed by atoms with Gasteiger partial charge in [0.1, 0.15) is 0 Å². The van der Waals surface area contributed by atoms with Crippen molar-refractivity contribution in [2.24, 2.45) is 0 Å². The minimum Gasteiger partial charge on any atom is -0.481 e. The first-order valence-corrected chi connectivity index (χ1v) is 5.07. The number of amides is 1. The van der Waals surface area contributed by atoms with Crippen molar-refractivity contribution >= 4 is 11.9 Å². The molecule has 0 spiro atoms. The normalized spacial score (nSPS) is 12.1. The third kappa shape index (κ3) is 7.58. The van der Waals surface area contributed by atoms with Crippen molar-refractivity contribution in [2.45, 2.75) is 52.0 Å². The smallest absolute Gasteiger partial charge is 0.303 e. The van der Waals surface area contributed by atoms with Gasteiger partial charge in [-0.3, -0.25) is 9.59 Å². The van der Waals surface area contributed by atoms with E-state index in [4.69, 9.17) is 5.11 Å². The number of rotatable bonds is 7. The number of carboxylic acid groups (broad SMARTS) is 1. The van der Waals surface area contributed by atoms with E-state index in [0.717, 1.165) is 12.8 Å². The fourth-order valence-electron chi connectivity index (χ4n) is 1.25. The van der Waals surface area contributed by atoms with Crippen molar-refractivity contribution in [3.63, 3.8) is 0 Å². The van der Waals surface area contributed by atoms with Gasteiger partial charge in [0.05, 0.1) is 0 Å². The average molecular weight is 201 g/mol. The predicted octanol–water partition coefficient (Wildman–Crippen LogP) is 1.55. The van der Waals surface area contributed by atoms with E-state index in [1.807, 2.05) is 6.92 Å². The van der Waals surface area contributed by atoms with E-state index < -0.39 is 5.97 Å². The van der Waals surface area contributed by atoms with Gasteiger partial charge in [-0.25, -0.2) is 0 Å². The lowest BCUT2D eigenvalue weighted by Crippen LogP contribution is -2.32. The molecule has 0 aromatic carbocycles. The maximum absolute atomic E-state index is 11.2. The van der Waals surface area contributed by atoms with E-state index in [9.17, 15) is 9.59 Å². The van der Waals surface area contributed by atoms with Crippen LogP contribution in [0.15, 0.2) is 0 Å². The summed E-state index contributed by atoms with van der Waals surface area (Å²) >= 11 is 0. The zero-order chi connectivity index (χ0) is 11.0. The quantitative estimate of drug-likeness (QED) is 0.656. The zero-order valence-electron chi connectivity index (χ0n) is 8.88. The van der Waals surface area contributed by atoms with E-state index >= 15 is 0 Å². The molecule has 2 N–H and O–H groups in total. The Hall–Kier alpha value is -1.06. The third-order valence-corrected chi connectivity index (χ3v) is 1.92. The molecule has 0 aliphatic rings. The maximum Gasteiger partial charge on any atom is 0.303 e. The van der Waals surface area contributed by atoms with Crippen LogP contribution in [-0.4, -0.2) is 23.0 Å². The molecular formula is C10H19NO3.